The SMILES string of the molecule is C[C@@H](O)[C@H]1C(=O)N2C(C(=O)O)=C(c3csc(CNC(N)=O)c3)C[C@H]12. The Hall–Kier alpha value is -2.39. The van der Waals surface area contributed by atoms with Crippen molar-refractivity contribution >= 4 is 34.8 Å². The number of hydrogen-bond acceptors (Lipinski definition) is 5. The summed E-state index contributed by atoms with van der Waals surface area (Å²) in [6, 6.07) is 0.837. The molecule has 0 aromatic carbocycles. The fourth-order valence-electron chi connectivity index (χ4n) is 3.33. The van der Waals surface area contributed by atoms with Gasteiger partial charge < -0.3 is 26.2 Å². The molecule has 0 aliphatic carbocycles. The fourth-order valence-corrected chi connectivity index (χ4v) is 4.17. The van der Waals surface area contributed by atoms with Crippen LogP contribution in [0.1, 0.15) is 23.8 Å². The van der Waals surface area contributed by atoms with Crippen molar-refractivity contribution in [2.24, 2.45) is 11.7 Å². The minimum absolute atomic E-state index is 0.0193. The van der Waals surface area contributed by atoms with E-state index in [2.05, 4.69) is 5.32 Å². The highest BCUT2D eigenvalue weighted by Gasteiger charge is 2.56. The fraction of sp³-hybridized carbons (Fsp3) is 0.400. The lowest BCUT2D eigenvalue weighted by Gasteiger charge is -2.44. The van der Waals surface area contributed by atoms with Crippen molar-refractivity contribution in [1.82, 2.24) is 10.2 Å². The minimum atomic E-state index is -1.16. The lowest BCUT2D eigenvalue weighted by Crippen LogP contribution is -2.61. The molecule has 0 unspecified atom stereocenters. The van der Waals surface area contributed by atoms with E-state index in [1.54, 1.807) is 11.4 Å². The van der Waals surface area contributed by atoms with Crippen molar-refractivity contribution in [3.05, 3.63) is 27.6 Å². The Labute approximate surface area is 141 Å². The molecule has 9 heteroatoms. The highest BCUT2D eigenvalue weighted by atomic mass is 32.1. The van der Waals surface area contributed by atoms with Gasteiger partial charge in [0.2, 0.25) is 5.91 Å². The lowest BCUT2D eigenvalue weighted by molar-refractivity contribution is -0.161. The Balaban J connectivity index is 1.89. The number of β-lactam (4-membered cyclic amide) rings is 1. The van der Waals surface area contributed by atoms with Gasteiger partial charge in [0.1, 0.15) is 5.70 Å². The molecule has 0 radical (unpaired) electrons. The first-order valence-corrected chi connectivity index (χ1v) is 8.28. The van der Waals surface area contributed by atoms with E-state index in [4.69, 9.17) is 5.73 Å². The molecule has 1 saturated heterocycles. The van der Waals surface area contributed by atoms with Crippen LogP contribution >= 0.6 is 11.3 Å². The van der Waals surface area contributed by atoms with Crippen LogP contribution in [0.4, 0.5) is 4.79 Å². The number of hydrogen-bond donors (Lipinski definition) is 4. The maximum Gasteiger partial charge on any atom is 0.352 e. The van der Waals surface area contributed by atoms with Crippen LogP contribution in [0.2, 0.25) is 0 Å². The number of nitrogens with two attached hydrogens (primary N) is 1. The van der Waals surface area contributed by atoms with E-state index in [-0.39, 0.29) is 24.2 Å². The van der Waals surface area contributed by atoms with Gasteiger partial charge in [-0.1, -0.05) is 0 Å². The van der Waals surface area contributed by atoms with E-state index in [9.17, 15) is 24.6 Å². The van der Waals surface area contributed by atoms with Gasteiger partial charge in [-0.15, -0.1) is 11.3 Å². The van der Waals surface area contributed by atoms with Crippen LogP contribution in [0.3, 0.4) is 0 Å². The number of nitrogens with one attached hydrogen (secondary N) is 1. The maximum atomic E-state index is 12.2. The van der Waals surface area contributed by atoms with Gasteiger partial charge in [0.15, 0.2) is 0 Å². The molecule has 24 heavy (non-hydrogen) atoms. The summed E-state index contributed by atoms with van der Waals surface area (Å²) in [7, 11) is 0. The third kappa shape index (κ3) is 2.55. The molecule has 2 aliphatic rings. The first kappa shape index (κ1) is 16.5. The number of primary amides is 1. The van der Waals surface area contributed by atoms with E-state index in [1.807, 2.05) is 0 Å². The number of rotatable bonds is 5. The summed E-state index contributed by atoms with van der Waals surface area (Å²) < 4.78 is 0. The molecule has 3 atom stereocenters. The molecule has 1 aromatic heterocycles. The predicted molar refractivity (Wildman–Crippen MR) is 85.7 cm³/mol. The van der Waals surface area contributed by atoms with E-state index in [0.717, 1.165) is 4.88 Å². The van der Waals surface area contributed by atoms with Crippen molar-refractivity contribution in [3.8, 4) is 0 Å². The number of amides is 3. The smallest absolute Gasteiger partial charge is 0.352 e. The molecule has 3 rings (SSSR count). The van der Waals surface area contributed by atoms with Gasteiger partial charge in [0.05, 0.1) is 24.6 Å². The standard InChI is InChI=1S/C15H17N3O5S/c1-6(19)11-10-3-9(12(14(21)22)18(10)13(11)20)7-2-8(24-5-7)4-17-15(16)23/h2,5-6,10-11,19H,3-4H2,1H3,(H,21,22)(H3,16,17,23)/t6-,10-,11-/m1/s1. The number of fused-ring (bicyclic) bond motifs is 1. The van der Waals surface area contributed by atoms with Gasteiger partial charge in [-0.3, -0.25) is 4.79 Å². The molecule has 3 amide bonds. The van der Waals surface area contributed by atoms with Crippen LogP contribution in [0.25, 0.3) is 5.57 Å². The number of aliphatic hydroxyl groups is 1. The zero-order valence-electron chi connectivity index (χ0n) is 12.9. The van der Waals surface area contributed by atoms with Crippen molar-refractivity contribution in [1.29, 1.82) is 0 Å². The summed E-state index contributed by atoms with van der Waals surface area (Å²) in [4.78, 5) is 36.7. The molecule has 3 heterocycles. The van der Waals surface area contributed by atoms with Gasteiger partial charge in [-0.25, -0.2) is 9.59 Å². The Kier molecular flexibility index (Phi) is 4.06. The van der Waals surface area contributed by atoms with Gasteiger partial charge in [0.25, 0.3) is 0 Å². The van der Waals surface area contributed by atoms with Gasteiger partial charge >= 0.3 is 12.0 Å². The van der Waals surface area contributed by atoms with E-state index in [1.165, 1.54) is 23.2 Å². The normalized spacial score (nSPS) is 23.8. The first-order chi connectivity index (χ1) is 11.3. The van der Waals surface area contributed by atoms with Crippen LogP contribution in [0.5, 0.6) is 0 Å². The van der Waals surface area contributed by atoms with Crippen molar-refractivity contribution in [3.63, 3.8) is 0 Å². The maximum absolute atomic E-state index is 12.2. The van der Waals surface area contributed by atoms with Crippen molar-refractivity contribution in [2.45, 2.75) is 32.0 Å². The summed E-state index contributed by atoms with van der Waals surface area (Å²) in [6.45, 7) is 1.80. The number of aliphatic carboxylic acids is 1. The number of carboxylic acids is 1. The van der Waals surface area contributed by atoms with E-state index < -0.39 is 24.0 Å². The minimum Gasteiger partial charge on any atom is -0.477 e. The summed E-state index contributed by atoms with van der Waals surface area (Å²) in [5.41, 5.74) is 6.30. The molecule has 128 valence electrons. The number of aliphatic hydroxyl groups excluding tert-OH is 1. The Morgan fingerprint density at radius 1 is 1.54 bits per heavy atom. The number of carbonyl (C=O) groups is 3. The predicted octanol–water partition coefficient (Wildman–Crippen LogP) is 0.324. The van der Waals surface area contributed by atoms with Crippen LogP contribution in [0.15, 0.2) is 17.1 Å². The molecule has 1 aromatic rings. The Bertz CT molecular complexity index is 754. The van der Waals surface area contributed by atoms with E-state index >= 15 is 0 Å². The zero-order chi connectivity index (χ0) is 17.6. The molecular weight excluding hydrogens is 334 g/mol. The second kappa shape index (κ2) is 5.91. The van der Waals surface area contributed by atoms with Crippen LogP contribution < -0.4 is 11.1 Å². The highest BCUT2D eigenvalue weighted by Crippen LogP contribution is 2.47. The summed E-state index contributed by atoms with van der Waals surface area (Å²) >= 11 is 1.37. The highest BCUT2D eigenvalue weighted by molar-refractivity contribution is 7.10. The monoisotopic (exact) mass is 351 g/mol. The molecule has 1 fully saturated rings. The molecule has 2 aliphatic heterocycles. The number of thiophene rings is 1. The average Bonchev–Trinajstić information content (AvgIpc) is 3.06. The van der Waals surface area contributed by atoms with Crippen LogP contribution in [-0.2, 0) is 16.1 Å². The molecule has 0 saturated carbocycles. The van der Waals surface area contributed by atoms with Gasteiger partial charge in [0, 0.05) is 4.88 Å². The number of urea groups is 1. The summed E-state index contributed by atoms with van der Waals surface area (Å²) in [5, 5.41) is 23.5. The summed E-state index contributed by atoms with van der Waals surface area (Å²) in [6.07, 6.45) is -0.423. The topological polar surface area (TPSA) is 133 Å². The van der Waals surface area contributed by atoms with Crippen molar-refractivity contribution < 1.29 is 24.6 Å². The molecule has 0 bridgehead atoms. The number of carboxylic acid groups (broad SMARTS) is 1. The quantitative estimate of drug-likeness (QED) is 0.567. The average molecular weight is 351 g/mol. The number of carbonyl (C=O) groups excluding carboxylic acids is 2. The lowest BCUT2D eigenvalue weighted by atomic mass is 9.82. The molecule has 0 spiro atoms. The van der Waals surface area contributed by atoms with Crippen molar-refractivity contribution in [2.75, 3.05) is 0 Å². The molecule has 8 nitrogen and oxygen atoms in total. The largest absolute Gasteiger partial charge is 0.477 e. The zero-order valence-corrected chi connectivity index (χ0v) is 13.7. The third-order valence-corrected chi connectivity index (χ3v) is 5.31. The second-order valence-corrected chi connectivity index (χ2v) is 6.89. The Morgan fingerprint density at radius 3 is 2.83 bits per heavy atom. The Morgan fingerprint density at radius 2 is 2.25 bits per heavy atom. The van der Waals surface area contributed by atoms with E-state index in [0.29, 0.717) is 17.6 Å². The number of nitrogens with zero attached hydrogens (tertiary/aromatic N) is 1. The molecular formula is C15H17N3O5S. The van der Waals surface area contributed by atoms with Crippen LogP contribution in [0, 0.1) is 5.92 Å². The molecule has 5 N–H and O–H groups in total. The summed E-state index contributed by atoms with van der Waals surface area (Å²) in [5.74, 6) is -2.08. The first-order valence-electron chi connectivity index (χ1n) is 7.40. The third-order valence-electron chi connectivity index (χ3n) is 4.37. The van der Waals surface area contributed by atoms with Gasteiger partial charge in [-0.05, 0) is 35.9 Å². The second-order valence-electron chi connectivity index (χ2n) is 5.90. The van der Waals surface area contributed by atoms with Crippen LogP contribution in [-0.4, -0.2) is 45.2 Å². The van der Waals surface area contributed by atoms with Gasteiger partial charge in [-0.2, -0.15) is 0 Å².